The number of hydrogen-bond donors (Lipinski definition) is 1. The van der Waals surface area contributed by atoms with Crippen molar-refractivity contribution >= 4 is 17.5 Å². The Hall–Kier alpha value is -2.02. The number of rotatable bonds is 7. The van der Waals surface area contributed by atoms with Gasteiger partial charge >= 0.3 is 0 Å². The Balaban J connectivity index is 1.44. The van der Waals surface area contributed by atoms with Crippen LogP contribution in [-0.4, -0.2) is 50.2 Å². The first kappa shape index (κ1) is 17.8. The van der Waals surface area contributed by atoms with Crippen LogP contribution in [0.1, 0.15) is 16.3 Å². The molecule has 134 valence electrons. The van der Waals surface area contributed by atoms with Crippen LogP contribution in [0.2, 0.25) is 5.02 Å². The minimum atomic E-state index is -0.225. The summed E-state index contributed by atoms with van der Waals surface area (Å²) in [4.78, 5) is 14.4. The van der Waals surface area contributed by atoms with Crippen molar-refractivity contribution in [2.75, 3.05) is 39.4 Å². The Bertz CT molecular complexity index is 698. The number of para-hydroxylation sites is 1. The molecule has 1 amide bonds. The van der Waals surface area contributed by atoms with Crippen LogP contribution in [0, 0.1) is 0 Å². The molecule has 1 aliphatic heterocycles. The highest BCUT2D eigenvalue weighted by Gasteiger charge is 2.13. The zero-order valence-corrected chi connectivity index (χ0v) is 14.6. The van der Waals surface area contributed by atoms with Gasteiger partial charge in [-0.15, -0.1) is 0 Å². The molecule has 1 aromatic heterocycles. The molecule has 1 fully saturated rings. The van der Waals surface area contributed by atoms with E-state index in [1.807, 2.05) is 12.1 Å². The summed E-state index contributed by atoms with van der Waals surface area (Å²) in [5, 5.41) is 3.40. The van der Waals surface area contributed by atoms with Gasteiger partial charge in [-0.3, -0.25) is 9.69 Å². The van der Waals surface area contributed by atoms with E-state index in [4.69, 9.17) is 25.5 Å². The first-order valence-corrected chi connectivity index (χ1v) is 8.64. The van der Waals surface area contributed by atoms with Gasteiger partial charge < -0.3 is 19.2 Å². The normalized spacial score (nSPS) is 15.1. The van der Waals surface area contributed by atoms with E-state index in [9.17, 15) is 4.79 Å². The minimum absolute atomic E-state index is 0.213. The molecule has 0 aliphatic carbocycles. The number of amides is 1. The zero-order valence-electron chi connectivity index (χ0n) is 13.9. The lowest BCUT2D eigenvalue weighted by Crippen LogP contribution is -2.41. The second kappa shape index (κ2) is 8.89. The maximum absolute atomic E-state index is 12.1. The third-order valence-electron chi connectivity index (χ3n) is 3.91. The van der Waals surface area contributed by atoms with Crippen LogP contribution < -0.4 is 10.1 Å². The van der Waals surface area contributed by atoms with E-state index >= 15 is 0 Å². The standard InChI is InChI=1S/C18H21ClN2O4/c19-15-3-1-2-4-16(15)24-13-14-5-6-17(25-14)18(22)20-7-8-21-9-11-23-12-10-21/h1-6H,7-13H2,(H,20,22). The van der Waals surface area contributed by atoms with Gasteiger partial charge in [-0.25, -0.2) is 0 Å². The monoisotopic (exact) mass is 364 g/mol. The lowest BCUT2D eigenvalue weighted by Gasteiger charge is -2.26. The van der Waals surface area contributed by atoms with Crippen molar-refractivity contribution in [2.24, 2.45) is 0 Å². The molecule has 3 rings (SSSR count). The lowest BCUT2D eigenvalue weighted by molar-refractivity contribution is 0.0382. The van der Waals surface area contributed by atoms with Crippen molar-refractivity contribution in [3.8, 4) is 5.75 Å². The summed E-state index contributed by atoms with van der Waals surface area (Å²) >= 11 is 6.04. The fourth-order valence-electron chi connectivity index (χ4n) is 2.53. The topological polar surface area (TPSA) is 63.9 Å². The Labute approximate surface area is 151 Å². The van der Waals surface area contributed by atoms with Gasteiger partial charge in [0.1, 0.15) is 18.1 Å². The maximum Gasteiger partial charge on any atom is 0.287 e. The molecule has 1 aromatic carbocycles. The summed E-state index contributed by atoms with van der Waals surface area (Å²) in [5.41, 5.74) is 0. The molecular formula is C18H21ClN2O4. The number of nitrogens with zero attached hydrogens (tertiary/aromatic N) is 1. The van der Waals surface area contributed by atoms with Crippen LogP contribution in [0.3, 0.4) is 0 Å². The largest absolute Gasteiger partial charge is 0.484 e. The Morgan fingerprint density at radius 3 is 2.80 bits per heavy atom. The van der Waals surface area contributed by atoms with E-state index in [-0.39, 0.29) is 18.3 Å². The number of morpholine rings is 1. The van der Waals surface area contributed by atoms with E-state index in [0.29, 0.717) is 23.1 Å². The number of halogens is 1. The highest BCUT2D eigenvalue weighted by molar-refractivity contribution is 6.32. The number of carbonyl (C=O) groups is 1. The molecule has 0 spiro atoms. The molecule has 7 heteroatoms. The van der Waals surface area contributed by atoms with Crippen molar-refractivity contribution < 1.29 is 18.7 Å². The summed E-state index contributed by atoms with van der Waals surface area (Å²) in [6.45, 7) is 4.90. The van der Waals surface area contributed by atoms with E-state index in [1.165, 1.54) is 0 Å². The zero-order chi connectivity index (χ0) is 17.5. The number of nitrogens with one attached hydrogen (secondary N) is 1. The van der Waals surface area contributed by atoms with Crippen molar-refractivity contribution in [2.45, 2.75) is 6.61 Å². The first-order chi connectivity index (χ1) is 12.2. The van der Waals surface area contributed by atoms with Crippen molar-refractivity contribution in [3.05, 3.63) is 52.9 Å². The SMILES string of the molecule is O=C(NCCN1CCOCC1)c1ccc(COc2ccccc2Cl)o1. The van der Waals surface area contributed by atoms with Gasteiger partial charge in [0.05, 0.1) is 18.2 Å². The average Bonchev–Trinajstić information content (AvgIpc) is 3.11. The summed E-state index contributed by atoms with van der Waals surface area (Å²) in [7, 11) is 0. The quantitative estimate of drug-likeness (QED) is 0.818. The summed E-state index contributed by atoms with van der Waals surface area (Å²) in [6.07, 6.45) is 0. The molecule has 0 unspecified atom stereocenters. The van der Waals surface area contributed by atoms with Crippen molar-refractivity contribution in [1.29, 1.82) is 0 Å². The fraction of sp³-hybridized carbons (Fsp3) is 0.389. The van der Waals surface area contributed by atoms with Gasteiger partial charge in [0, 0.05) is 26.2 Å². The molecule has 0 bridgehead atoms. The van der Waals surface area contributed by atoms with Gasteiger partial charge in [0.15, 0.2) is 5.76 Å². The molecule has 0 radical (unpaired) electrons. The van der Waals surface area contributed by atoms with Gasteiger partial charge in [-0.2, -0.15) is 0 Å². The van der Waals surface area contributed by atoms with Crippen molar-refractivity contribution in [3.63, 3.8) is 0 Å². The second-order valence-corrected chi connectivity index (χ2v) is 6.10. The minimum Gasteiger partial charge on any atom is -0.484 e. The summed E-state index contributed by atoms with van der Waals surface area (Å²) in [6, 6.07) is 10.6. The molecule has 1 saturated heterocycles. The molecule has 0 atom stereocenters. The average molecular weight is 365 g/mol. The number of carbonyl (C=O) groups excluding carboxylic acids is 1. The third kappa shape index (κ3) is 5.22. The summed E-state index contributed by atoms with van der Waals surface area (Å²) in [5.74, 6) is 1.20. The van der Waals surface area contributed by atoms with Crippen molar-refractivity contribution in [1.82, 2.24) is 10.2 Å². The molecule has 2 aromatic rings. The molecule has 1 aliphatic rings. The van der Waals surface area contributed by atoms with Gasteiger partial charge in [0.25, 0.3) is 5.91 Å². The molecular weight excluding hydrogens is 344 g/mol. The van der Waals surface area contributed by atoms with Crippen LogP contribution in [0.15, 0.2) is 40.8 Å². The highest BCUT2D eigenvalue weighted by atomic mass is 35.5. The number of ether oxygens (including phenoxy) is 2. The second-order valence-electron chi connectivity index (χ2n) is 5.69. The van der Waals surface area contributed by atoms with E-state index < -0.39 is 0 Å². The Morgan fingerprint density at radius 2 is 2.00 bits per heavy atom. The Morgan fingerprint density at radius 1 is 1.20 bits per heavy atom. The van der Waals surface area contributed by atoms with Crippen LogP contribution in [0.5, 0.6) is 5.75 Å². The fourth-order valence-corrected chi connectivity index (χ4v) is 2.72. The third-order valence-corrected chi connectivity index (χ3v) is 4.22. The van der Waals surface area contributed by atoms with Crippen LogP contribution in [0.4, 0.5) is 0 Å². The number of benzene rings is 1. The van der Waals surface area contributed by atoms with Gasteiger partial charge in [0.2, 0.25) is 0 Å². The van der Waals surface area contributed by atoms with Gasteiger partial charge in [-0.1, -0.05) is 23.7 Å². The van der Waals surface area contributed by atoms with Crippen LogP contribution in [0.25, 0.3) is 0 Å². The number of furan rings is 1. The van der Waals surface area contributed by atoms with Gasteiger partial charge in [-0.05, 0) is 24.3 Å². The number of hydrogen-bond acceptors (Lipinski definition) is 5. The van der Waals surface area contributed by atoms with E-state index in [0.717, 1.165) is 32.8 Å². The summed E-state index contributed by atoms with van der Waals surface area (Å²) < 4.78 is 16.4. The van der Waals surface area contributed by atoms with E-state index in [1.54, 1.807) is 24.3 Å². The van der Waals surface area contributed by atoms with E-state index in [2.05, 4.69) is 10.2 Å². The smallest absolute Gasteiger partial charge is 0.287 e. The molecule has 6 nitrogen and oxygen atoms in total. The molecule has 25 heavy (non-hydrogen) atoms. The molecule has 2 heterocycles. The molecule has 1 N–H and O–H groups in total. The highest BCUT2D eigenvalue weighted by Crippen LogP contribution is 2.24. The Kier molecular flexibility index (Phi) is 6.33. The van der Waals surface area contributed by atoms with Crippen LogP contribution in [-0.2, 0) is 11.3 Å². The maximum atomic E-state index is 12.1. The van der Waals surface area contributed by atoms with Crippen LogP contribution >= 0.6 is 11.6 Å². The lowest BCUT2D eigenvalue weighted by atomic mass is 10.3. The predicted molar refractivity (Wildman–Crippen MR) is 94.1 cm³/mol. The predicted octanol–water partition coefficient (Wildman–Crippen LogP) is 2.57. The first-order valence-electron chi connectivity index (χ1n) is 8.27. The molecule has 0 saturated carbocycles.